The third-order valence-electron chi connectivity index (χ3n) is 2.95. The molecule has 1 aromatic carbocycles. The Morgan fingerprint density at radius 3 is 2.68 bits per heavy atom. The lowest BCUT2D eigenvalue weighted by Gasteiger charge is -2.03. The van der Waals surface area contributed by atoms with Gasteiger partial charge >= 0.3 is 0 Å². The van der Waals surface area contributed by atoms with E-state index in [0.717, 1.165) is 22.3 Å². The number of hydrogen-bond acceptors (Lipinski definition) is 3. The molecular weight excluding hydrogens is 240 g/mol. The molecule has 2 N–H and O–H groups in total. The number of benzene rings is 1. The molecule has 0 unspecified atom stereocenters. The molecule has 0 saturated heterocycles. The summed E-state index contributed by atoms with van der Waals surface area (Å²) in [5, 5.41) is 4.05. The molecule has 2 aromatic heterocycles. The van der Waals surface area contributed by atoms with Crippen molar-refractivity contribution in [1.29, 1.82) is 0 Å². The van der Waals surface area contributed by atoms with E-state index in [9.17, 15) is 4.79 Å². The van der Waals surface area contributed by atoms with Crippen LogP contribution in [0.25, 0.3) is 16.8 Å². The number of carbonyl (C=O) groups is 1. The van der Waals surface area contributed by atoms with Gasteiger partial charge in [0.15, 0.2) is 5.65 Å². The maximum Gasteiger partial charge on any atom is 0.221 e. The first-order valence-corrected chi connectivity index (χ1v) is 5.89. The van der Waals surface area contributed by atoms with Crippen LogP contribution in [0.3, 0.4) is 0 Å². The molecule has 3 rings (SSSR count). The van der Waals surface area contributed by atoms with E-state index < -0.39 is 0 Å². The molecule has 19 heavy (non-hydrogen) atoms. The van der Waals surface area contributed by atoms with Crippen LogP contribution in [0, 0.1) is 0 Å². The molecule has 0 aliphatic heterocycles. The number of rotatable bonds is 3. The quantitative estimate of drug-likeness (QED) is 0.766. The zero-order chi connectivity index (χ0) is 13.2. The van der Waals surface area contributed by atoms with E-state index in [1.165, 1.54) is 6.33 Å². The molecule has 0 fully saturated rings. The number of amides is 1. The molecule has 5 nitrogen and oxygen atoms in total. The fourth-order valence-electron chi connectivity index (χ4n) is 2.01. The van der Waals surface area contributed by atoms with E-state index in [-0.39, 0.29) is 12.3 Å². The number of pyridine rings is 1. The van der Waals surface area contributed by atoms with Crippen LogP contribution in [0.1, 0.15) is 5.56 Å². The standard InChI is InChI=1S/C14H12N4O/c15-13(19)7-10-1-3-11(4-2-10)12-5-6-18-14(8-12)16-9-17-18/h1-6,8-9H,7H2,(H2,15,19). The Bertz CT molecular complexity index is 731. The molecule has 0 spiro atoms. The first-order chi connectivity index (χ1) is 9.22. The van der Waals surface area contributed by atoms with Crippen molar-refractivity contribution in [2.24, 2.45) is 5.73 Å². The Morgan fingerprint density at radius 1 is 1.16 bits per heavy atom. The fraction of sp³-hybridized carbons (Fsp3) is 0.0714. The van der Waals surface area contributed by atoms with Crippen LogP contribution in [0.4, 0.5) is 0 Å². The first kappa shape index (κ1) is 11.4. The SMILES string of the molecule is NC(=O)Cc1ccc(-c2ccn3ncnc3c2)cc1. The second-order valence-corrected chi connectivity index (χ2v) is 4.32. The van der Waals surface area contributed by atoms with Gasteiger partial charge in [-0.2, -0.15) is 5.10 Å². The Hall–Kier alpha value is -2.69. The van der Waals surface area contributed by atoms with Crippen LogP contribution in [0.15, 0.2) is 48.9 Å². The molecular formula is C14H12N4O. The lowest BCUT2D eigenvalue weighted by atomic mass is 10.0. The zero-order valence-electron chi connectivity index (χ0n) is 10.2. The van der Waals surface area contributed by atoms with Crippen molar-refractivity contribution in [3.8, 4) is 11.1 Å². The molecule has 0 atom stereocenters. The third-order valence-corrected chi connectivity index (χ3v) is 2.95. The fourth-order valence-corrected chi connectivity index (χ4v) is 2.01. The van der Waals surface area contributed by atoms with Crippen LogP contribution >= 0.6 is 0 Å². The van der Waals surface area contributed by atoms with Gasteiger partial charge in [-0.05, 0) is 28.8 Å². The number of hydrogen-bond donors (Lipinski definition) is 1. The summed E-state index contributed by atoms with van der Waals surface area (Å²) in [5.74, 6) is -0.322. The highest BCUT2D eigenvalue weighted by Crippen LogP contribution is 2.20. The highest BCUT2D eigenvalue weighted by atomic mass is 16.1. The van der Waals surface area contributed by atoms with Gasteiger partial charge in [0.2, 0.25) is 5.91 Å². The molecule has 2 heterocycles. The summed E-state index contributed by atoms with van der Waals surface area (Å²) in [7, 11) is 0. The number of fused-ring (bicyclic) bond motifs is 1. The molecule has 3 aromatic rings. The number of aromatic nitrogens is 3. The van der Waals surface area contributed by atoms with Gasteiger partial charge in [0.25, 0.3) is 0 Å². The first-order valence-electron chi connectivity index (χ1n) is 5.89. The van der Waals surface area contributed by atoms with Gasteiger partial charge in [-0.1, -0.05) is 24.3 Å². The van der Waals surface area contributed by atoms with Crippen molar-refractivity contribution < 1.29 is 4.79 Å². The summed E-state index contributed by atoms with van der Waals surface area (Å²) in [6.07, 6.45) is 3.66. The Labute approximate surface area is 109 Å². The normalized spacial score (nSPS) is 10.7. The molecule has 5 heteroatoms. The van der Waals surface area contributed by atoms with Crippen LogP contribution in [-0.4, -0.2) is 20.5 Å². The zero-order valence-corrected chi connectivity index (χ0v) is 10.2. The molecule has 1 amide bonds. The molecule has 0 aliphatic carbocycles. The highest BCUT2D eigenvalue weighted by Gasteiger charge is 2.02. The molecule has 0 radical (unpaired) electrons. The molecule has 94 valence electrons. The number of primary amides is 1. The van der Waals surface area contributed by atoms with Gasteiger partial charge in [-0.25, -0.2) is 9.50 Å². The summed E-state index contributed by atoms with van der Waals surface area (Å²) < 4.78 is 1.71. The van der Waals surface area contributed by atoms with E-state index >= 15 is 0 Å². The van der Waals surface area contributed by atoms with Gasteiger partial charge < -0.3 is 5.73 Å². The lowest BCUT2D eigenvalue weighted by molar-refractivity contribution is -0.117. The molecule has 0 bridgehead atoms. The Kier molecular flexibility index (Phi) is 2.72. The van der Waals surface area contributed by atoms with Gasteiger partial charge in [0, 0.05) is 6.20 Å². The smallest absolute Gasteiger partial charge is 0.221 e. The van der Waals surface area contributed by atoms with Crippen molar-refractivity contribution in [2.75, 3.05) is 0 Å². The van der Waals surface area contributed by atoms with Crippen molar-refractivity contribution in [3.63, 3.8) is 0 Å². The summed E-state index contributed by atoms with van der Waals surface area (Å²) >= 11 is 0. The number of nitrogens with two attached hydrogens (primary N) is 1. The summed E-state index contributed by atoms with van der Waals surface area (Å²) in [4.78, 5) is 15.0. The summed E-state index contributed by atoms with van der Waals surface area (Å²) in [6, 6.07) is 11.7. The maximum atomic E-state index is 10.8. The minimum absolute atomic E-state index is 0.267. The number of nitrogens with zero attached hydrogens (tertiary/aromatic N) is 3. The predicted octanol–water partition coefficient (Wildman–Crippen LogP) is 1.42. The van der Waals surface area contributed by atoms with Crippen LogP contribution in [0.5, 0.6) is 0 Å². The lowest BCUT2D eigenvalue weighted by Crippen LogP contribution is -2.13. The van der Waals surface area contributed by atoms with E-state index in [1.807, 2.05) is 42.6 Å². The average molecular weight is 252 g/mol. The van der Waals surface area contributed by atoms with Gasteiger partial charge in [-0.15, -0.1) is 0 Å². The Morgan fingerprint density at radius 2 is 1.95 bits per heavy atom. The highest BCUT2D eigenvalue weighted by molar-refractivity contribution is 5.77. The third kappa shape index (κ3) is 2.30. The van der Waals surface area contributed by atoms with Gasteiger partial charge in [0.05, 0.1) is 6.42 Å². The minimum Gasteiger partial charge on any atom is -0.369 e. The van der Waals surface area contributed by atoms with E-state index in [4.69, 9.17) is 5.73 Å². The maximum absolute atomic E-state index is 10.8. The predicted molar refractivity (Wildman–Crippen MR) is 71.3 cm³/mol. The van der Waals surface area contributed by atoms with Crippen molar-refractivity contribution in [3.05, 3.63) is 54.5 Å². The van der Waals surface area contributed by atoms with E-state index in [0.29, 0.717) is 0 Å². The average Bonchev–Trinajstić information content (AvgIpc) is 2.86. The van der Waals surface area contributed by atoms with Crippen LogP contribution in [0.2, 0.25) is 0 Å². The second-order valence-electron chi connectivity index (χ2n) is 4.32. The largest absolute Gasteiger partial charge is 0.369 e. The van der Waals surface area contributed by atoms with E-state index in [1.54, 1.807) is 4.52 Å². The van der Waals surface area contributed by atoms with Crippen molar-refractivity contribution >= 4 is 11.6 Å². The van der Waals surface area contributed by atoms with Crippen LogP contribution < -0.4 is 5.73 Å². The van der Waals surface area contributed by atoms with Gasteiger partial charge in [0.1, 0.15) is 6.33 Å². The molecule has 0 aliphatic rings. The van der Waals surface area contributed by atoms with Gasteiger partial charge in [-0.3, -0.25) is 4.79 Å². The van der Waals surface area contributed by atoms with Crippen LogP contribution in [-0.2, 0) is 11.2 Å². The molecule has 0 saturated carbocycles. The van der Waals surface area contributed by atoms with E-state index in [2.05, 4.69) is 10.1 Å². The summed E-state index contributed by atoms with van der Waals surface area (Å²) in [5.41, 5.74) is 9.02. The van der Waals surface area contributed by atoms with Crippen molar-refractivity contribution in [1.82, 2.24) is 14.6 Å². The summed E-state index contributed by atoms with van der Waals surface area (Å²) in [6.45, 7) is 0. The topological polar surface area (TPSA) is 73.3 Å². The Balaban J connectivity index is 1.94. The second kappa shape index (κ2) is 4.53. The van der Waals surface area contributed by atoms with Crippen molar-refractivity contribution in [2.45, 2.75) is 6.42 Å². The monoisotopic (exact) mass is 252 g/mol. The number of carbonyl (C=O) groups excluding carboxylic acids is 1. The minimum atomic E-state index is -0.322.